The highest BCUT2D eigenvalue weighted by Gasteiger charge is 2.26. The molecular formula is C26H40N6. The van der Waals surface area contributed by atoms with Gasteiger partial charge in [0.2, 0.25) is 0 Å². The van der Waals surface area contributed by atoms with Gasteiger partial charge in [0, 0.05) is 38.9 Å². The van der Waals surface area contributed by atoms with Gasteiger partial charge in [-0.15, -0.1) is 0 Å². The zero-order valence-corrected chi connectivity index (χ0v) is 20.4. The predicted molar refractivity (Wildman–Crippen MR) is 132 cm³/mol. The van der Waals surface area contributed by atoms with E-state index >= 15 is 0 Å². The second kappa shape index (κ2) is 10.7. The lowest BCUT2D eigenvalue weighted by Crippen LogP contribution is -2.45. The highest BCUT2D eigenvalue weighted by molar-refractivity contribution is 5.26. The molecule has 0 bridgehead atoms. The quantitative estimate of drug-likeness (QED) is 0.664. The van der Waals surface area contributed by atoms with Crippen LogP contribution < -0.4 is 10.7 Å². The lowest BCUT2D eigenvalue weighted by molar-refractivity contribution is 0.150. The van der Waals surface area contributed by atoms with Crippen LogP contribution in [-0.4, -0.2) is 76.1 Å². The van der Waals surface area contributed by atoms with Crippen molar-refractivity contribution in [3.05, 3.63) is 46.1 Å². The summed E-state index contributed by atoms with van der Waals surface area (Å²) in [6, 6.07) is 4.69. The van der Waals surface area contributed by atoms with E-state index in [4.69, 9.17) is 9.97 Å². The van der Waals surface area contributed by atoms with Crippen LogP contribution in [0.2, 0.25) is 0 Å². The van der Waals surface area contributed by atoms with E-state index in [1.807, 2.05) is 6.20 Å². The van der Waals surface area contributed by atoms with E-state index in [1.54, 1.807) is 0 Å². The molecule has 1 fully saturated rings. The summed E-state index contributed by atoms with van der Waals surface area (Å²) in [6.07, 6.45) is 11.0. The molecule has 4 rings (SSSR count). The number of pyridine rings is 1. The fraction of sp³-hybridized carbons (Fsp3) is 0.615. The van der Waals surface area contributed by atoms with Crippen LogP contribution in [0, 0.1) is 0 Å². The van der Waals surface area contributed by atoms with Gasteiger partial charge in [-0.25, -0.2) is 4.98 Å². The van der Waals surface area contributed by atoms with E-state index in [9.17, 15) is 0 Å². The molecule has 0 aromatic carbocycles. The second-order valence-corrected chi connectivity index (χ2v) is 9.40. The van der Waals surface area contributed by atoms with Crippen LogP contribution in [-0.2, 0) is 19.5 Å². The first-order chi connectivity index (χ1) is 15.6. The minimum atomic E-state index is 0.374. The Labute approximate surface area is 193 Å². The minimum absolute atomic E-state index is 0.374. The standard InChI is InChI=1S/C26H40N6/c1-5-22-23(6-2)32(15-9-14-31-18-16-29(3)17-19-31)25(28-22)20-30(4)24-12-7-10-21-11-8-13-27-26(21)24/h5-6,8,11,13,24H,7,9-10,12,14-20H2,1-4H3/b22-5+,23-6+. The van der Waals surface area contributed by atoms with Crippen molar-refractivity contribution in [2.24, 2.45) is 0 Å². The van der Waals surface area contributed by atoms with Crippen molar-refractivity contribution in [1.82, 2.24) is 29.2 Å². The third kappa shape index (κ3) is 5.13. The summed E-state index contributed by atoms with van der Waals surface area (Å²) < 4.78 is 2.46. The van der Waals surface area contributed by atoms with Crippen molar-refractivity contribution >= 4 is 12.2 Å². The fourth-order valence-electron chi connectivity index (χ4n) is 5.29. The number of aryl methyl sites for hydroxylation is 1. The summed E-state index contributed by atoms with van der Waals surface area (Å²) in [6.45, 7) is 12.0. The minimum Gasteiger partial charge on any atom is -0.327 e. The van der Waals surface area contributed by atoms with Crippen molar-refractivity contribution in [2.45, 2.75) is 58.7 Å². The van der Waals surface area contributed by atoms with Crippen molar-refractivity contribution in [3.63, 3.8) is 0 Å². The first-order valence-corrected chi connectivity index (χ1v) is 12.3. The van der Waals surface area contributed by atoms with Crippen LogP contribution in [0.25, 0.3) is 12.2 Å². The summed E-state index contributed by atoms with van der Waals surface area (Å²) >= 11 is 0. The molecule has 32 heavy (non-hydrogen) atoms. The molecule has 3 heterocycles. The zero-order chi connectivity index (χ0) is 22.5. The average molecular weight is 437 g/mol. The highest BCUT2D eigenvalue weighted by Crippen LogP contribution is 2.32. The Morgan fingerprint density at radius 1 is 1.12 bits per heavy atom. The molecule has 0 spiro atoms. The summed E-state index contributed by atoms with van der Waals surface area (Å²) in [5.41, 5.74) is 2.68. The Bertz CT molecular complexity index is 1000. The van der Waals surface area contributed by atoms with E-state index in [0.29, 0.717) is 6.04 Å². The van der Waals surface area contributed by atoms with Gasteiger partial charge in [0.05, 0.1) is 29.0 Å². The van der Waals surface area contributed by atoms with Crippen LogP contribution in [0.3, 0.4) is 0 Å². The van der Waals surface area contributed by atoms with Crippen molar-refractivity contribution in [3.8, 4) is 0 Å². The lowest BCUT2D eigenvalue weighted by atomic mass is 9.91. The third-order valence-corrected chi connectivity index (χ3v) is 7.20. The Morgan fingerprint density at radius 2 is 1.94 bits per heavy atom. The van der Waals surface area contributed by atoms with Gasteiger partial charge in [-0.05, 0) is 71.8 Å². The maximum absolute atomic E-state index is 5.06. The first kappa shape index (κ1) is 23.1. The number of aromatic nitrogens is 3. The number of hydrogen-bond acceptors (Lipinski definition) is 5. The van der Waals surface area contributed by atoms with Crippen molar-refractivity contribution in [1.29, 1.82) is 0 Å². The van der Waals surface area contributed by atoms with Gasteiger partial charge < -0.3 is 14.4 Å². The third-order valence-electron chi connectivity index (χ3n) is 7.20. The van der Waals surface area contributed by atoms with Crippen LogP contribution >= 0.6 is 0 Å². The van der Waals surface area contributed by atoms with Gasteiger partial charge >= 0.3 is 0 Å². The van der Waals surface area contributed by atoms with Crippen molar-refractivity contribution < 1.29 is 0 Å². The molecule has 1 aliphatic heterocycles. The van der Waals surface area contributed by atoms with Crippen molar-refractivity contribution in [2.75, 3.05) is 46.8 Å². The van der Waals surface area contributed by atoms with Crippen LogP contribution in [0.4, 0.5) is 0 Å². The number of imidazole rings is 1. The topological polar surface area (TPSA) is 40.4 Å². The Hall–Kier alpha value is -2.02. The fourth-order valence-corrected chi connectivity index (χ4v) is 5.29. The molecule has 0 saturated carbocycles. The molecule has 2 aliphatic rings. The molecule has 174 valence electrons. The molecule has 0 N–H and O–H groups in total. The number of nitrogens with zero attached hydrogens (tertiary/aromatic N) is 6. The average Bonchev–Trinajstić information content (AvgIpc) is 3.16. The SMILES string of the molecule is C/C=c1/nc(CN(C)C2CCCc3cccnc32)n(CCCN2CCN(C)CC2)/c1=C/C. The number of fused-ring (bicyclic) bond motifs is 1. The summed E-state index contributed by atoms with van der Waals surface area (Å²) in [4.78, 5) is 17.3. The molecule has 1 saturated heterocycles. The molecular weight excluding hydrogens is 396 g/mol. The van der Waals surface area contributed by atoms with E-state index in [2.05, 4.69) is 71.5 Å². The Balaban J connectivity index is 1.49. The lowest BCUT2D eigenvalue weighted by Gasteiger charge is -2.32. The Kier molecular flexibility index (Phi) is 7.76. The second-order valence-electron chi connectivity index (χ2n) is 9.40. The van der Waals surface area contributed by atoms with Gasteiger partial charge in [-0.2, -0.15) is 0 Å². The molecule has 0 radical (unpaired) electrons. The monoisotopic (exact) mass is 436 g/mol. The maximum atomic E-state index is 5.06. The van der Waals surface area contributed by atoms with Gasteiger partial charge in [-0.3, -0.25) is 9.88 Å². The van der Waals surface area contributed by atoms with Crippen LogP contribution in [0.5, 0.6) is 0 Å². The van der Waals surface area contributed by atoms with E-state index in [0.717, 1.165) is 37.8 Å². The van der Waals surface area contributed by atoms with Gasteiger partial charge in [0.1, 0.15) is 5.82 Å². The molecule has 1 unspecified atom stereocenters. The number of hydrogen-bond donors (Lipinski definition) is 0. The largest absolute Gasteiger partial charge is 0.327 e. The number of rotatable bonds is 7. The van der Waals surface area contributed by atoms with Gasteiger partial charge in [0.25, 0.3) is 0 Å². The summed E-state index contributed by atoms with van der Waals surface area (Å²) in [5, 5.41) is 2.37. The van der Waals surface area contributed by atoms with Crippen LogP contribution in [0.1, 0.15) is 56.2 Å². The van der Waals surface area contributed by atoms with E-state index in [-0.39, 0.29) is 0 Å². The van der Waals surface area contributed by atoms with Gasteiger partial charge in [-0.1, -0.05) is 18.2 Å². The number of likely N-dealkylation sites (N-methyl/N-ethyl adjacent to an activating group) is 1. The smallest absolute Gasteiger partial charge is 0.124 e. The predicted octanol–water partition coefficient (Wildman–Crippen LogP) is 2.03. The molecule has 1 aliphatic carbocycles. The zero-order valence-electron chi connectivity index (χ0n) is 20.4. The van der Waals surface area contributed by atoms with Crippen LogP contribution in [0.15, 0.2) is 18.3 Å². The van der Waals surface area contributed by atoms with E-state index < -0.39 is 0 Å². The maximum Gasteiger partial charge on any atom is 0.124 e. The Morgan fingerprint density at radius 3 is 2.69 bits per heavy atom. The summed E-state index contributed by atoms with van der Waals surface area (Å²) in [7, 11) is 4.46. The molecule has 2 aromatic rings. The molecule has 0 amide bonds. The molecule has 6 heteroatoms. The molecule has 6 nitrogen and oxygen atoms in total. The van der Waals surface area contributed by atoms with Gasteiger partial charge in [0.15, 0.2) is 0 Å². The first-order valence-electron chi connectivity index (χ1n) is 12.3. The highest BCUT2D eigenvalue weighted by atomic mass is 15.2. The normalized spacial score (nSPS) is 21.5. The molecule has 1 atom stereocenters. The van der Waals surface area contributed by atoms with E-state index in [1.165, 1.54) is 61.5 Å². The summed E-state index contributed by atoms with van der Waals surface area (Å²) in [5.74, 6) is 1.18. The molecule has 2 aromatic heterocycles. The number of piperazine rings is 1.